The van der Waals surface area contributed by atoms with Crippen molar-refractivity contribution in [3.63, 3.8) is 0 Å². The lowest BCUT2D eigenvalue weighted by Gasteiger charge is -1.90. The topological polar surface area (TPSA) is 34.1 Å². The number of alkyl halides is 1. The number of Topliss-reactive ketones (excluding diaryl/α,β-unsaturated/α-hetero) is 1. The highest BCUT2D eigenvalue weighted by atomic mass is 35.5. The first kappa shape index (κ1) is 6.78. The van der Waals surface area contributed by atoms with Crippen molar-refractivity contribution in [1.82, 2.24) is 0 Å². The summed E-state index contributed by atoms with van der Waals surface area (Å²) in [5.74, 6) is -0.921. The van der Waals surface area contributed by atoms with Crippen LogP contribution in [-0.4, -0.2) is 16.9 Å². The molecule has 0 aromatic heterocycles. The highest BCUT2D eigenvalue weighted by Crippen LogP contribution is 2.19. The summed E-state index contributed by atoms with van der Waals surface area (Å²) in [7, 11) is 0. The fourth-order valence-electron chi connectivity index (χ4n) is 0.519. The van der Waals surface area contributed by atoms with Crippen LogP contribution < -0.4 is 0 Å². The molecule has 0 amide bonds. The number of carbonyl (C=O) groups excluding carboxylic acids is 2. The van der Waals surface area contributed by atoms with Crippen LogP contribution in [0.15, 0.2) is 11.1 Å². The molecule has 9 heavy (non-hydrogen) atoms. The van der Waals surface area contributed by atoms with Gasteiger partial charge in [0.2, 0.25) is 0 Å². The van der Waals surface area contributed by atoms with E-state index in [4.69, 9.17) is 23.2 Å². The first-order valence-electron chi connectivity index (χ1n) is 2.22. The van der Waals surface area contributed by atoms with Gasteiger partial charge in [0.25, 0.3) is 0 Å². The van der Waals surface area contributed by atoms with Crippen LogP contribution in [0.4, 0.5) is 0 Å². The number of ketones is 2. The van der Waals surface area contributed by atoms with Gasteiger partial charge in [-0.25, -0.2) is 0 Å². The van der Waals surface area contributed by atoms with Crippen molar-refractivity contribution >= 4 is 34.8 Å². The molecule has 1 aliphatic rings. The number of halogens is 2. The molecular formula is C5H2Cl2O2. The van der Waals surface area contributed by atoms with Gasteiger partial charge in [0.15, 0.2) is 16.9 Å². The molecule has 0 aliphatic heterocycles. The van der Waals surface area contributed by atoms with Crippen LogP contribution >= 0.6 is 23.2 Å². The zero-order valence-corrected chi connectivity index (χ0v) is 5.74. The van der Waals surface area contributed by atoms with Crippen molar-refractivity contribution in [1.29, 1.82) is 0 Å². The van der Waals surface area contributed by atoms with Crippen molar-refractivity contribution in [2.45, 2.75) is 5.38 Å². The summed E-state index contributed by atoms with van der Waals surface area (Å²) in [6.45, 7) is 0. The second kappa shape index (κ2) is 2.12. The van der Waals surface area contributed by atoms with Crippen LogP contribution in [0.3, 0.4) is 0 Å². The fourth-order valence-corrected chi connectivity index (χ4v) is 0.972. The molecule has 0 N–H and O–H groups in total. The lowest BCUT2D eigenvalue weighted by Crippen LogP contribution is -2.15. The van der Waals surface area contributed by atoms with E-state index in [0.29, 0.717) is 0 Å². The minimum absolute atomic E-state index is 0.0694. The Balaban J connectivity index is 2.95. The molecule has 0 fully saturated rings. The minimum atomic E-state index is -1.07. The van der Waals surface area contributed by atoms with E-state index in [9.17, 15) is 9.59 Å². The molecule has 48 valence electrons. The zero-order chi connectivity index (χ0) is 7.02. The van der Waals surface area contributed by atoms with Gasteiger partial charge in [0.1, 0.15) is 0 Å². The first-order valence-corrected chi connectivity index (χ1v) is 3.03. The number of allylic oxidation sites excluding steroid dienone is 2. The highest BCUT2D eigenvalue weighted by Gasteiger charge is 2.31. The summed E-state index contributed by atoms with van der Waals surface area (Å²) >= 11 is 10.5. The van der Waals surface area contributed by atoms with Gasteiger partial charge in [0, 0.05) is 6.08 Å². The highest BCUT2D eigenvalue weighted by molar-refractivity contribution is 6.58. The molecule has 1 atom stereocenters. The molecular weight excluding hydrogens is 163 g/mol. The van der Waals surface area contributed by atoms with Crippen LogP contribution in [0, 0.1) is 0 Å². The maximum absolute atomic E-state index is 10.6. The van der Waals surface area contributed by atoms with Crippen molar-refractivity contribution < 1.29 is 9.59 Å². The molecule has 2 nitrogen and oxygen atoms in total. The van der Waals surface area contributed by atoms with Crippen LogP contribution in [-0.2, 0) is 9.59 Å². The maximum Gasteiger partial charge on any atom is 0.199 e. The van der Waals surface area contributed by atoms with Crippen LogP contribution in [0.1, 0.15) is 0 Å². The van der Waals surface area contributed by atoms with Gasteiger partial charge in [-0.15, -0.1) is 11.6 Å². The van der Waals surface area contributed by atoms with Crippen molar-refractivity contribution in [3.8, 4) is 0 Å². The van der Waals surface area contributed by atoms with Gasteiger partial charge in [-0.3, -0.25) is 9.59 Å². The summed E-state index contributed by atoms with van der Waals surface area (Å²) in [6.07, 6.45) is 1.04. The fraction of sp³-hybridized carbons (Fsp3) is 0.200. The average Bonchev–Trinajstić information content (AvgIpc) is 1.98. The van der Waals surface area contributed by atoms with E-state index < -0.39 is 16.9 Å². The standard InChI is InChI=1S/C5H2Cl2O2/c6-2-1-3(8)4(7)5(2)9/h1,4H. The second-order valence-corrected chi connectivity index (χ2v) is 2.47. The molecule has 0 saturated heterocycles. The predicted octanol–water partition coefficient (Wildman–Crippen LogP) is 0.868. The van der Waals surface area contributed by atoms with E-state index in [2.05, 4.69) is 0 Å². The average molecular weight is 165 g/mol. The van der Waals surface area contributed by atoms with E-state index in [0.717, 1.165) is 6.08 Å². The van der Waals surface area contributed by atoms with Gasteiger partial charge >= 0.3 is 0 Å². The Labute approximate surface area is 61.4 Å². The molecule has 0 bridgehead atoms. The Morgan fingerprint density at radius 3 is 2.11 bits per heavy atom. The lowest BCUT2D eigenvalue weighted by atomic mass is 10.3. The molecule has 1 rings (SSSR count). The summed E-state index contributed by atoms with van der Waals surface area (Å²) in [6, 6.07) is 0. The van der Waals surface area contributed by atoms with E-state index in [1.807, 2.05) is 0 Å². The SMILES string of the molecule is O=C1C=C(Cl)C(=O)C1Cl. The van der Waals surface area contributed by atoms with Crippen molar-refractivity contribution in [3.05, 3.63) is 11.1 Å². The third-order valence-electron chi connectivity index (χ3n) is 0.984. The normalized spacial score (nSPS) is 26.9. The van der Waals surface area contributed by atoms with E-state index in [1.165, 1.54) is 0 Å². The van der Waals surface area contributed by atoms with Gasteiger partial charge in [-0.05, 0) is 0 Å². The largest absolute Gasteiger partial charge is 0.293 e. The number of hydrogen-bond donors (Lipinski definition) is 0. The molecule has 0 radical (unpaired) electrons. The Morgan fingerprint density at radius 1 is 1.44 bits per heavy atom. The summed E-state index contributed by atoms with van der Waals surface area (Å²) in [5, 5.41) is -1.14. The van der Waals surface area contributed by atoms with Crippen molar-refractivity contribution in [2.24, 2.45) is 0 Å². The van der Waals surface area contributed by atoms with E-state index in [1.54, 1.807) is 0 Å². The quantitative estimate of drug-likeness (QED) is 0.394. The van der Waals surface area contributed by atoms with Crippen LogP contribution in [0.25, 0.3) is 0 Å². The smallest absolute Gasteiger partial charge is 0.199 e. The number of carbonyl (C=O) groups is 2. The molecule has 0 aromatic carbocycles. The van der Waals surface area contributed by atoms with Crippen LogP contribution in [0.5, 0.6) is 0 Å². The second-order valence-electron chi connectivity index (χ2n) is 1.62. The number of rotatable bonds is 0. The Kier molecular flexibility index (Phi) is 1.60. The van der Waals surface area contributed by atoms with Crippen LogP contribution in [0.2, 0.25) is 0 Å². The maximum atomic E-state index is 10.6. The third kappa shape index (κ3) is 1.00. The third-order valence-corrected chi connectivity index (χ3v) is 1.69. The number of hydrogen-bond acceptors (Lipinski definition) is 2. The first-order chi connectivity index (χ1) is 4.13. The Morgan fingerprint density at radius 2 is 2.00 bits per heavy atom. The Bertz CT molecular complexity index is 207. The van der Waals surface area contributed by atoms with Gasteiger partial charge < -0.3 is 0 Å². The monoisotopic (exact) mass is 164 g/mol. The Hall–Kier alpha value is -0.340. The molecule has 0 spiro atoms. The molecule has 1 unspecified atom stereocenters. The molecule has 0 aromatic rings. The van der Waals surface area contributed by atoms with Gasteiger partial charge in [-0.1, -0.05) is 11.6 Å². The van der Waals surface area contributed by atoms with E-state index >= 15 is 0 Å². The summed E-state index contributed by atoms with van der Waals surface area (Å²) in [5.41, 5.74) is 0. The summed E-state index contributed by atoms with van der Waals surface area (Å²) < 4.78 is 0. The molecule has 1 aliphatic carbocycles. The summed E-state index contributed by atoms with van der Waals surface area (Å²) in [4.78, 5) is 21.0. The minimum Gasteiger partial charge on any atom is -0.293 e. The zero-order valence-electron chi connectivity index (χ0n) is 4.23. The molecule has 0 heterocycles. The predicted molar refractivity (Wildman–Crippen MR) is 33.6 cm³/mol. The van der Waals surface area contributed by atoms with Crippen molar-refractivity contribution in [2.75, 3.05) is 0 Å². The molecule has 4 heteroatoms. The van der Waals surface area contributed by atoms with Gasteiger partial charge in [0.05, 0.1) is 5.03 Å². The molecule has 0 saturated carbocycles. The lowest BCUT2D eigenvalue weighted by molar-refractivity contribution is -0.120. The van der Waals surface area contributed by atoms with Gasteiger partial charge in [-0.2, -0.15) is 0 Å². The van der Waals surface area contributed by atoms with E-state index in [-0.39, 0.29) is 5.03 Å².